The van der Waals surface area contributed by atoms with Crippen LogP contribution >= 0.6 is 0 Å². The van der Waals surface area contributed by atoms with Crippen molar-refractivity contribution in [2.24, 2.45) is 11.8 Å². The topological polar surface area (TPSA) is 99.6 Å². The molecule has 0 aliphatic carbocycles. The number of unbranched alkanes of at least 4 members (excludes halogenated alkanes) is 1. The van der Waals surface area contributed by atoms with E-state index < -0.39 is 29.1 Å². The number of methoxy groups -OCH3 is 1. The number of rotatable bonds is 7. The number of carbonyl (C=O) groups excluding carboxylic acids is 3. The number of ether oxygens (including phenoxy) is 2. The molecule has 1 spiro atoms. The zero-order chi connectivity index (χ0) is 26.4. The number of likely N-dealkylation sites (N-methyl/N-ethyl adjacent to an activating group) is 1. The van der Waals surface area contributed by atoms with Crippen molar-refractivity contribution in [1.29, 1.82) is 0 Å². The summed E-state index contributed by atoms with van der Waals surface area (Å²) in [4.78, 5) is 47.1. The molecule has 2 saturated heterocycles. The molecule has 5 atom stereocenters. The molecule has 37 heavy (non-hydrogen) atoms. The predicted octanol–water partition coefficient (Wildman–Crippen LogP) is 1.76. The molecule has 1 aromatic rings. The summed E-state index contributed by atoms with van der Waals surface area (Å²) in [6, 6.07) is 6.31. The Balaban J connectivity index is 1.62. The average molecular weight is 510 g/mol. The lowest BCUT2D eigenvalue weighted by atomic mass is 9.73. The minimum Gasteiger partial charge on any atom is -0.497 e. The number of benzene rings is 1. The van der Waals surface area contributed by atoms with Gasteiger partial charge < -0.3 is 29.3 Å². The fraction of sp³-hybridized carbons (Fsp3) is 0.536. The maximum absolute atomic E-state index is 14.3. The Morgan fingerprint density at radius 1 is 1.00 bits per heavy atom. The Hall–Kier alpha value is -3.17. The highest BCUT2D eigenvalue weighted by molar-refractivity contribution is 6.06. The molecule has 1 unspecified atom stereocenters. The van der Waals surface area contributed by atoms with Gasteiger partial charge in [0.1, 0.15) is 17.4 Å². The van der Waals surface area contributed by atoms with Gasteiger partial charge in [0.15, 0.2) is 0 Å². The Labute approximate surface area is 217 Å². The number of nitrogens with zero attached hydrogens (tertiary/aromatic N) is 3. The molecule has 1 N–H and O–H groups in total. The number of amides is 3. The summed E-state index contributed by atoms with van der Waals surface area (Å²) in [5.41, 5.74) is -1.56. The fourth-order valence-electron chi connectivity index (χ4n) is 6.51. The molecular formula is C28H35N3O6. The number of likely N-dealkylation sites (tertiary alicyclic amines) is 1. The van der Waals surface area contributed by atoms with Gasteiger partial charge in [-0.15, -0.1) is 0 Å². The summed E-state index contributed by atoms with van der Waals surface area (Å²) in [5, 5.41) is 9.36. The number of aliphatic hydroxyl groups excluding tert-OH is 1. The van der Waals surface area contributed by atoms with E-state index in [1.54, 1.807) is 41.0 Å². The van der Waals surface area contributed by atoms with Gasteiger partial charge in [0.2, 0.25) is 11.8 Å². The summed E-state index contributed by atoms with van der Waals surface area (Å²) in [7, 11) is 3.32. The van der Waals surface area contributed by atoms with E-state index in [9.17, 15) is 19.5 Å². The summed E-state index contributed by atoms with van der Waals surface area (Å²) in [6.07, 6.45) is 9.14. The zero-order valence-corrected chi connectivity index (χ0v) is 21.6. The molecule has 0 radical (unpaired) electrons. The molecule has 5 rings (SSSR count). The number of hydrogen-bond acceptors (Lipinski definition) is 6. The van der Waals surface area contributed by atoms with Crippen LogP contribution in [0.2, 0.25) is 0 Å². The Kier molecular flexibility index (Phi) is 6.62. The van der Waals surface area contributed by atoms with Crippen molar-refractivity contribution in [3.63, 3.8) is 0 Å². The van der Waals surface area contributed by atoms with Crippen LogP contribution in [0.4, 0.5) is 5.69 Å². The number of hydrogen-bond donors (Lipinski definition) is 1. The molecule has 0 bridgehead atoms. The first kappa shape index (κ1) is 25.5. The Morgan fingerprint density at radius 3 is 2.41 bits per heavy atom. The van der Waals surface area contributed by atoms with Gasteiger partial charge >= 0.3 is 0 Å². The van der Waals surface area contributed by atoms with Crippen LogP contribution in [0.25, 0.3) is 0 Å². The lowest BCUT2D eigenvalue weighted by Gasteiger charge is -2.38. The highest BCUT2D eigenvalue weighted by Crippen LogP contribution is 2.58. The van der Waals surface area contributed by atoms with Crippen LogP contribution in [-0.4, -0.2) is 90.3 Å². The molecule has 198 valence electrons. The van der Waals surface area contributed by atoms with E-state index in [0.29, 0.717) is 50.3 Å². The SMILES string of the molecule is CC[C@]12C=CCN(C)C(=O)[C@H]1[C@H]1C(=O)N(CCCCO)C3C(=O)N(c4ccc(OC)cc4)CC=C[C@@]31O2. The van der Waals surface area contributed by atoms with Crippen LogP contribution in [0.1, 0.15) is 26.2 Å². The first-order valence-electron chi connectivity index (χ1n) is 13.0. The van der Waals surface area contributed by atoms with Crippen molar-refractivity contribution in [1.82, 2.24) is 9.80 Å². The maximum atomic E-state index is 14.3. The highest BCUT2D eigenvalue weighted by atomic mass is 16.5. The number of anilines is 1. The van der Waals surface area contributed by atoms with Crippen LogP contribution in [0, 0.1) is 11.8 Å². The Morgan fingerprint density at radius 2 is 1.73 bits per heavy atom. The van der Waals surface area contributed by atoms with Crippen LogP contribution in [0.3, 0.4) is 0 Å². The molecule has 0 aromatic heterocycles. The first-order chi connectivity index (χ1) is 17.8. The van der Waals surface area contributed by atoms with E-state index in [-0.39, 0.29) is 24.3 Å². The molecular weight excluding hydrogens is 474 g/mol. The second-order valence-electron chi connectivity index (χ2n) is 10.3. The number of fused-ring (bicyclic) bond motifs is 2. The maximum Gasteiger partial charge on any atom is 0.253 e. The van der Waals surface area contributed by atoms with Crippen molar-refractivity contribution >= 4 is 23.4 Å². The van der Waals surface area contributed by atoms with Gasteiger partial charge in [-0.2, -0.15) is 0 Å². The van der Waals surface area contributed by atoms with Crippen LogP contribution in [0.15, 0.2) is 48.6 Å². The van der Waals surface area contributed by atoms with E-state index in [0.717, 1.165) is 0 Å². The third-order valence-electron chi connectivity index (χ3n) is 8.33. The monoisotopic (exact) mass is 509 g/mol. The lowest BCUT2D eigenvalue weighted by Crippen LogP contribution is -2.56. The summed E-state index contributed by atoms with van der Waals surface area (Å²) in [6.45, 7) is 3.01. The molecule has 9 nitrogen and oxygen atoms in total. The lowest BCUT2D eigenvalue weighted by molar-refractivity contribution is -0.149. The van der Waals surface area contributed by atoms with E-state index >= 15 is 0 Å². The quantitative estimate of drug-likeness (QED) is 0.444. The second-order valence-corrected chi connectivity index (χ2v) is 10.3. The first-order valence-corrected chi connectivity index (χ1v) is 13.0. The van der Waals surface area contributed by atoms with Gasteiger partial charge in [-0.25, -0.2) is 0 Å². The number of aliphatic hydroxyl groups is 1. The van der Waals surface area contributed by atoms with Crippen molar-refractivity contribution in [3.8, 4) is 5.75 Å². The van der Waals surface area contributed by atoms with Crippen LogP contribution < -0.4 is 9.64 Å². The van der Waals surface area contributed by atoms with Gasteiger partial charge in [-0.1, -0.05) is 31.2 Å². The van der Waals surface area contributed by atoms with Gasteiger partial charge in [0, 0.05) is 39.0 Å². The van der Waals surface area contributed by atoms with Gasteiger partial charge in [0.25, 0.3) is 5.91 Å². The Bertz CT molecular complexity index is 1130. The third-order valence-corrected chi connectivity index (χ3v) is 8.33. The molecule has 2 fully saturated rings. The summed E-state index contributed by atoms with van der Waals surface area (Å²) < 4.78 is 12.2. The number of carbonyl (C=O) groups is 3. The van der Waals surface area contributed by atoms with Gasteiger partial charge in [0.05, 0.1) is 24.5 Å². The van der Waals surface area contributed by atoms with Gasteiger partial charge in [-0.3, -0.25) is 14.4 Å². The molecule has 4 heterocycles. The smallest absolute Gasteiger partial charge is 0.253 e. The van der Waals surface area contributed by atoms with Crippen molar-refractivity contribution < 1.29 is 29.0 Å². The van der Waals surface area contributed by atoms with E-state index in [4.69, 9.17) is 9.47 Å². The van der Waals surface area contributed by atoms with Gasteiger partial charge in [-0.05, 0) is 43.5 Å². The molecule has 4 aliphatic rings. The highest BCUT2D eigenvalue weighted by Gasteiger charge is 2.75. The molecule has 0 saturated carbocycles. The van der Waals surface area contributed by atoms with E-state index in [2.05, 4.69) is 0 Å². The summed E-state index contributed by atoms with van der Waals surface area (Å²) >= 11 is 0. The average Bonchev–Trinajstić information content (AvgIpc) is 3.20. The second kappa shape index (κ2) is 9.61. The normalized spacial score (nSPS) is 32.8. The van der Waals surface area contributed by atoms with Crippen molar-refractivity contribution in [2.45, 2.75) is 43.4 Å². The zero-order valence-electron chi connectivity index (χ0n) is 21.6. The largest absolute Gasteiger partial charge is 0.497 e. The van der Waals surface area contributed by atoms with Crippen molar-refractivity contribution in [2.75, 3.05) is 45.3 Å². The molecule has 4 aliphatic heterocycles. The molecule has 9 heteroatoms. The summed E-state index contributed by atoms with van der Waals surface area (Å²) in [5.74, 6) is -1.50. The third kappa shape index (κ3) is 3.78. The minimum atomic E-state index is -1.27. The van der Waals surface area contributed by atoms with Crippen LogP contribution in [0.5, 0.6) is 5.75 Å². The predicted molar refractivity (Wildman–Crippen MR) is 137 cm³/mol. The molecule has 3 amide bonds. The van der Waals surface area contributed by atoms with E-state index in [1.165, 1.54) is 0 Å². The van der Waals surface area contributed by atoms with E-state index in [1.807, 2.05) is 43.4 Å². The minimum absolute atomic E-state index is 0.000757. The van der Waals surface area contributed by atoms with Crippen LogP contribution in [-0.2, 0) is 19.1 Å². The standard InChI is InChI=1S/C28H35N3O6/c1-4-27-13-7-15-29(2)24(33)21(27)22-25(34)31(16-5-6-18-32)23-26(35)30(17-8-14-28(22,23)37-27)19-9-11-20(36-3)12-10-19/h7-14,21-23,32H,4-6,15-18H2,1-3H3/t21-,22+,23?,27+,28+/m1/s1. The molecule has 1 aromatic carbocycles. The fourth-order valence-corrected chi connectivity index (χ4v) is 6.51. The van der Waals surface area contributed by atoms with Crippen molar-refractivity contribution in [3.05, 3.63) is 48.6 Å².